The van der Waals surface area contributed by atoms with Gasteiger partial charge in [-0.15, -0.1) is 0 Å². The molecule has 1 unspecified atom stereocenters. The van der Waals surface area contributed by atoms with Crippen LogP contribution in [0.5, 0.6) is 5.75 Å². The first-order chi connectivity index (χ1) is 11.8. The average molecular weight is 324 g/mol. The average Bonchev–Trinajstić information content (AvgIpc) is 3.13. The maximum atomic E-state index is 12.1. The van der Waals surface area contributed by atoms with Crippen LogP contribution in [-0.4, -0.2) is 18.5 Å². The largest absolute Gasteiger partial charge is 0.489 e. The van der Waals surface area contributed by atoms with Gasteiger partial charge in [-0.05, 0) is 31.0 Å². The topological polar surface area (TPSA) is 50.4 Å². The van der Waals surface area contributed by atoms with E-state index in [1.165, 1.54) is 0 Å². The summed E-state index contributed by atoms with van der Waals surface area (Å²) >= 11 is 0. The summed E-state index contributed by atoms with van der Waals surface area (Å²) in [5, 5.41) is 6.36. The third-order valence-corrected chi connectivity index (χ3v) is 4.28. The van der Waals surface area contributed by atoms with Gasteiger partial charge in [0.05, 0.1) is 0 Å². The van der Waals surface area contributed by atoms with E-state index in [1.807, 2.05) is 54.6 Å². The predicted octanol–water partition coefficient (Wildman–Crippen LogP) is 3.02. The number of carbonyl (C=O) groups excluding carboxylic acids is 1. The Morgan fingerprint density at radius 2 is 1.92 bits per heavy atom. The molecule has 1 heterocycles. The molecule has 2 aromatic carbocycles. The van der Waals surface area contributed by atoms with Crippen LogP contribution in [-0.2, 0) is 17.9 Å². The Bertz CT molecular complexity index is 652. The first-order valence-electron chi connectivity index (χ1n) is 8.56. The lowest BCUT2D eigenvalue weighted by atomic mass is 10.1. The molecule has 3 rings (SSSR count). The van der Waals surface area contributed by atoms with Gasteiger partial charge in [0.25, 0.3) is 0 Å². The number of rotatable bonds is 7. The summed E-state index contributed by atoms with van der Waals surface area (Å²) in [5.74, 6) is 0.910. The molecular weight excluding hydrogens is 300 g/mol. The van der Waals surface area contributed by atoms with Crippen molar-refractivity contribution in [3.8, 4) is 5.75 Å². The van der Waals surface area contributed by atoms with Crippen LogP contribution >= 0.6 is 0 Å². The van der Waals surface area contributed by atoms with E-state index in [9.17, 15) is 4.79 Å². The quantitative estimate of drug-likeness (QED) is 0.823. The van der Waals surface area contributed by atoms with Crippen LogP contribution in [0.4, 0.5) is 0 Å². The second-order valence-corrected chi connectivity index (χ2v) is 6.16. The molecule has 1 atom stereocenters. The zero-order valence-electron chi connectivity index (χ0n) is 13.8. The van der Waals surface area contributed by atoms with Crippen molar-refractivity contribution in [2.75, 3.05) is 6.54 Å². The molecule has 1 aliphatic heterocycles. The third kappa shape index (κ3) is 4.83. The van der Waals surface area contributed by atoms with Gasteiger partial charge in [-0.25, -0.2) is 0 Å². The molecule has 24 heavy (non-hydrogen) atoms. The van der Waals surface area contributed by atoms with Gasteiger partial charge in [0.15, 0.2) is 0 Å². The van der Waals surface area contributed by atoms with Crippen LogP contribution in [0.25, 0.3) is 0 Å². The zero-order valence-corrected chi connectivity index (χ0v) is 13.8. The Hall–Kier alpha value is -2.33. The lowest BCUT2D eigenvalue weighted by Crippen LogP contribution is -2.31. The molecule has 1 aliphatic rings. The van der Waals surface area contributed by atoms with Crippen LogP contribution in [0.2, 0.25) is 0 Å². The Kier molecular flexibility index (Phi) is 5.85. The highest BCUT2D eigenvalue weighted by Crippen LogP contribution is 2.19. The predicted molar refractivity (Wildman–Crippen MR) is 94.7 cm³/mol. The molecular formula is C20H24N2O2. The van der Waals surface area contributed by atoms with Gasteiger partial charge in [-0.2, -0.15) is 0 Å². The molecule has 4 nitrogen and oxygen atoms in total. The van der Waals surface area contributed by atoms with E-state index >= 15 is 0 Å². The van der Waals surface area contributed by atoms with Crippen molar-refractivity contribution in [2.24, 2.45) is 0 Å². The molecule has 126 valence electrons. The first-order valence-corrected chi connectivity index (χ1v) is 8.56. The maximum absolute atomic E-state index is 12.1. The smallest absolute Gasteiger partial charge is 0.221 e. The molecule has 0 saturated carbocycles. The van der Waals surface area contributed by atoms with Gasteiger partial charge in [-0.3, -0.25) is 4.79 Å². The Morgan fingerprint density at radius 1 is 1.12 bits per heavy atom. The zero-order chi connectivity index (χ0) is 16.6. The third-order valence-electron chi connectivity index (χ3n) is 4.28. The number of hydrogen-bond donors (Lipinski definition) is 2. The summed E-state index contributed by atoms with van der Waals surface area (Å²) in [6.45, 7) is 2.04. The summed E-state index contributed by atoms with van der Waals surface area (Å²) in [7, 11) is 0. The van der Waals surface area contributed by atoms with Crippen molar-refractivity contribution in [1.29, 1.82) is 0 Å². The maximum Gasteiger partial charge on any atom is 0.221 e. The van der Waals surface area contributed by atoms with Crippen molar-refractivity contribution in [2.45, 2.75) is 38.5 Å². The Balaban J connectivity index is 1.52. The summed E-state index contributed by atoms with van der Waals surface area (Å²) in [6.07, 6.45) is 2.80. The molecule has 0 aromatic heterocycles. The van der Waals surface area contributed by atoms with Crippen LogP contribution in [0, 0.1) is 0 Å². The second-order valence-electron chi connectivity index (χ2n) is 6.16. The fraction of sp³-hybridized carbons (Fsp3) is 0.350. The van der Waals surface area contributed by atoms with Gasteiger partial charge in [-0.1, -0.05) is 48.5 Å². The molecule has 1 amide bonds. The summed E-state index contributed by atoms with van der Waals surface area (Å²) in [6, 6.07) is 18.3. The van der Waals surface area contributed by atoms with E-state index in [4.69, 9.17) is 4.74 Å². The van der Waals surface area contributed by atoms with E-state index in [2.05, 4.69) is 10.6 Å². The Morgan fingerprint density at radius 3 is 2.71 bits per heavy atom. The lowest BCUT2D eigenvalue weighted by Gasteiger charge is -2.14. The number of para-hydroxylation sites is 1. The monoisotopic (exact) mass is 324 g/mol. The molecule has 0 bridgehead atoms. The van der Waals surface area contributed by atoms with Crippen molar-refractivity contribution in [3.05, 3.63) is 65.7 Å². The van der Waals surface area contributed by atoms with Crippen LogP contribution in [0.1, 0.15) is 30.4 Å². The molecule has 2 N–H and O–H groups in total. The van der Waals surface area contributed by atoms with Gasteiger partial charge in [0, 0.05) is 24.6 Å². The summed E-state index contributed by atoms with van der Waals surface area (Å²) < 4.78 is 5.93. The summed E-state index contributed by atoms with van der Waals surface area (Å²) in [4.78, 5) is 12.1. The van der Waals surface area contributed by atoms with Gasteiger partial charge in [0.1, 0.15) is 12.4 Å². The molecule has 1 saturated heterocycles. The molecule has 0 aliphatic carbocycles. The fourth-order valence-corrected chi connectivity index (χ4v) is 2.95. The minimum absolute atomic E-state index is 0.0901. The number of nitrogens with one attached hydrogen (secondary N) is 2. The van der Waals surface area contributed by atoms with E-state index in [1.54, 1.807) is 0 Å². The number of benzene rings is 2. The minimum Gasteiger partial charge on any atom is -0.489 e. The van der Waals surface area contributed by atoms with Crippen LogP contribution in [0.3, 0.4) is 0 Å². The highest BCUT2D eigenvalue weighted by Gasteiger charge is 2.17. The SMILES string of the molecule is O=C(CC1CCCN1)NCc1ccccc1OCc1ccccc1. The molecule has 0 radical (unpaired) electrons. The van der Waals surface area contributed by atoms with Crippen LogP contribution < -0.4 is 15.4 Å². The van der Waals surface area contributed by atoms with Crippen molar-refractivity contribution >= 4 is 5.91 Å². The van der Waals surface area contributed by atoms with Crippen molar-refractivity contribution in [1.82, 2.24) is 10.6 Å². The van der Waals surface area contributed by atoms with E-state index in [0.717, 1.165) is 36.3 Å². The number of hydrogen-bond acceptors (Lipinski definition) is 3. The van der Waals surface area contributed by atoms with Gasteiger partial charge < -0.3 is 15.4 Å². The number of carbonyl (C=O) groups is 1. The highest BCUT2D eigenvalue weighted by molar-refractivity contribution is 5.76. The normalized spacial score (nSPS) is 16.8. The van der Waals surface area contributed by atoms with Gasteiger partial charge >= 0.3 is 0 Å². The van der Waals surface area contributed by atoms with E-state index in [0.29, 0.717) is 25.6 Å². The molecule has 1 fully saturated rings. The highest BCUT2D eigenvalue weighted by atomic mass is 16.5. The molecule has 4 heteroatoms. The standard InChI is InChI=1S/C20H24N2O2/c23-20(13-18-10-6-12-21-18)22-14-17-9-4-5-11-19(17)24-15-16-7-2-1-3-8-16/h1-5,7-9,11,18,21H,6,10,12-15H2,(H,22,23). The number of ether oxygens (including phenoxy) is 1. The van der Waals surface area contributed by atoms with Crippen LogP contribution in [0.15, 0.2) is 54.6 Å². The second kappa shape index (κ2) is 8.50. The van der Waals surface area contributed by atoms with Crippen molar-refractivity contribution < 1.29 is 9.53 Å². The first kappa shape index (κ1) is 16.5. The molecule has 0 spiro atoms. The lowest BCUT2D eigenvalue weighted by molar-refractivity contribution is -0.121. The van der Waals surface area contributed by atoms with Gasteiger partial charge in [0.2, 0.25) is 5.91 Å². The summed E-state index contributed by atoms with van der Waals surface area (Å²) in [5.41, 5.74) is 2.13. The minimum atomic E-state index is 0.0901. The van der Waals surface area contributed by atoms with E-state index < -0.39 is 0 Å². The van der Waals surface area contributed by atoms with Crippen molar-refractivity contribution in [3.63, 3.8) is 0 Å². The van der Waals surface area contributed by atoms with E-state index in [-0.39, 0.29) is 5.91 Å². The fourth-order valence-electron chi connectivity index (χ4n) is 2.95. The number of amides is 1. The molecule has 2 aromatic rings. The Labute approximate surface area is 143 Å².